The maximum atomic E-state index is 13.1. The van der Waals surface area contributed by atoms with Crippen LogP contribution >= 0.6 is 0 Å². The van der Waals surface area contributed by atoms with Crippen LogP contribution in [0.4, 0.5) is 0 Å². The van der Waals surface area contributed by atoms with Crippen molar-refractivity contribution in [1.82, 2.24) is 9.62 Å². The Morgan fingerprint density at radius 2 is 1.89 bits per heavy atom. The monoisotopic (exact) mass is 393 g/mol. The summed E-state index contributed by atoms with van der Waals surface area (Å²) in [6.45, 7) is 3.27. The molecule has 1 aromatic rings. The molecule has 0 spiro atoms. The van der Waals surface area contributed by atoms with Gasteiger partial charge in [0.05, 0.1) is 10.8 Å². The fraction of sp³-hybridized carbons (Fsp3) is 0.650. The molecular formula is C20H31N3O3S. The van der Waals surface area contributed by atoms with Gasteiger partial charge in [0.2, 0.25) is 15.9 Å². The molecule has 3 N–H and O–H groups in total. The highest BCUT2D eigenvalue weighted by atomic mass is 32.2. The lowest BCUT2D eigenvalue weighted by molar-refractivity contribution is -0.128. The largest absolute Gasteiger partial charge is 0.352 e. The molecule has 0 bridgehead atoms. The molecule has 2 atom stereocenters. The second-order valence-corrected chi connectivity index (χ2v) is 10.0. The number of rotatable bonds is 5. The number of hydrogen-bond donors (Lipinski definition) is 2. The first-order chi connectivity index (χ1) is 12.8. The summed E-state index contributed by atoms with van der Waals surface area (Å²) in [5, 5.41) is 2.94. The number of benzene rings is 1. The maximum Gasteiger partial charge on any atom is 0.243 e. The zero-order chi connectivity index (χ0) is 19.5. The fourth-order valence-corrected chi connectivity index (χ4v) is 5.98. The number of hydrogen-bond acceptors (Lipinski definition) is 4. The van der Waals surface area contributed by atoms with Crippen LogP contribution in [-0.2, 0) is 21.4 Å². The summed E-state index contributed by atoms with van der Waals surface area (Å²) in [4.78, 5) is 13.0. The molecule has 0 radical (unpaired) electrons. The first kappa shape index (κ1) is 20.3. The summed E-state index contributed by atoms with van der Waals surface area (Å²) < 4.78 is 27.7. The summed E-state index contributed by atoms with van der Waals surface area (Å²) in [5.74, 6) is -0.304. The van der Waals surface area contributed by atoms with E-state index in [-0.39, 0.29) is 18.4 Å². The molecule has 2 aliphatic rings. The van der Waals surface area contributed by atoms with Gasteiger partial charge in [-0.15, -0.1) is 0 Å². The molecule has 1 heterocycles. The molecule has 0 aromatic heterocycles. The molecule has 1 saturated heterocycles. The van der Waals surface area contributed by atoms with Gasteiger partial charge in [0.15, 0.2) is 0 Å². The predicted octanol–water partition coefficient (Wildman–Crippen LogP) is 2.39. The van der Waals surface area contributed by atoms with E-state index in [1.807, 2.05) is 13.0 Å². The van der Waals surface area contributed by atoms with Crippen molar-refractivity contribution in [3.8, 4) is 0 Å². The summed E-state index contributed by atoms with van der Waals surface area (Å²) in [7, 11) is -3.53. The van der Waals surface area contributed by atoms with E-state index in [1.165, 1.54) is 0 Å². The van der Waals surface area contributed by atoms with Crippen molar-refractivity contribution < 1.29 is 13.2 Å². The van der Waals surface area contributed by atoms with Gasteiger partial charge in [-0.25, -0.2) is 8.42 Å². The van der Waals surface area contributed by atoms with Gasteiger partial charge in [0.1, 0.15) is 0 Å². The minimum Gasteiger partial charge on any atom is -0.352 e. The van der Waals surface area contributed by atoms with Crippen LogP contribution in [0.2, 0.25) is 0 Å². The lowest BCUT2D eigenvalue weighted by Gasteiger charge is -2.37. The number of amides is 1. The Morgan fingerprint density at radius 1 is 1.19 bits per heavy atom. The Hall–Kier alpha value is -1.44. The molecule has 2 fully saturated rings. The second kappa shape index (κ2) is 8.29. The molecule has 1 saturated carbocycles. The third-order valence-electron chi connectivity index (χ3n) is 5.93. The molecule has 6 nitrogen and oxygen atoms in total. The van der Waals surface area contributed by atoms with Crippen LogP contribution < -0.4 is 11.1 Å². The van der Waals surface area contributed by atoms with E-state index >= 15 is 0 Å². The smallest absolute Gasteiger partial charge is 0.243 e. The minimum absolute atomic E-state index is 0.0788. The van der Waals surface area contributed by atoms with E-state index in [2.05, 4.69) is 5.32 Å². The Kier molecular flexibility index (Phi) is 6.23. The van der Waals surface area contributed by atoms with E-state index in [0.29, 0.717) is 23.5 Å². The fourth-order valence-electron chi connectivity index (χ4n) is 4.24. The number of nitrogens with two attached hydrogens (primary N) is 1. The summed E-state index contributed by atoms with van der Waals surface area (Å²) in [6.07, 6.45) is 6.54. The molecule has 1 amide bonds. The van der Waals surface area contributed by atoms with E-state index < -0.39 is 15.6 Å². The first-order valence-electron chi connectivity index (χ1n) is 9.97. The van der Waals surface area contributed by atoms with E-state index in [9.17, 15) is 13.2 Å². The van der Waals surface area contributed by atoms with Crippen LogP contribution in [0.25, 0.3) is 0 Å². The highest BCUT2D eigenvalue weighted by molar-refractivity contribution is 7.89. The van der Waals surface area contributed by atoms with Crippen LogP contribution in [0, 0.1) is 5.92 Å². The van der Waals surface area contributed by atoms with Crippen molar-refractivity contribution >= 4 is 15.9 Å². The topological polar surface area (TPSA) is 92.5 Å². The maximum absolute atomic E-state index is 13.1. The van der Waals surface area contributed by atoms with Crippen molar-refractivity contribution in [2.45, 2.75) is 68.8 Å². The Labute approximate surface area is 162 Å². The number of nitrogens with one attached hydrogen (secondary N) is 1. The lowest BCUT2D eigenvalue weighted by atomic mass is 9.74. The zero-order valence-corrected chi connectivity index (χ0v) is 16.9. The van der Waals surface area contributed by atoms with E-state index in [1.54, 1.807) is 22.5 Å². The molecule has 7 heteroatoms. The Balaban J connectivity index is 1.73. The van der Waals surface area contributed by atoms with Crippen molar-refractivity contribution in [3.63, 3.8) is 0 Å². The van der Waals surface area contributed by atoms with Crippen LogP contribution in [0.15, 0.2) is 29.2 Å². The molecule has 1 aromatic carbocycles. The zero-order valence-electron chi connectivity index (χ0n) is 16.1. The number of piperidine rings is 1. The number of nitrogens with zero attached hydrogens (tertiary/aromatic N) is 1. The highest BCUT2D eigenvalue weighted by Crippen LogP contribution is 2.32. The van der Waals surface area contributed by atoms with Gasteiger partial charge in [-0.2, -0.15) is 4.31 Å². The highest BCUT2D eigenvalue weighted by Gasteiger charge is 2.37. The van der Waals surface area contributed by atoms with Gasteiger partial charge in [-0.1, -0.05) is 37.5 Å². The van der Waals surface area contributed by atoms with Crippen LogP contribution in [0.3, 0.4) is 0 Å². The Morgan fingerprint density at radius 3 is 2.59 bits per heavy atom. The predicted molar refractivity (Wildman–Crippen MR) is 105 cm³/mol. The van der Waals surface area contributed by atoms with Crippen molar-refractivity contribution in [1.29, 1.82) is 0 Å². The SMILES string of the molecule is CC1(N)CCCCC1C(=O)NCc1ccccc1S(=O)(=O)N1CCCCC1. The molecule has 1 aliphatic carbocycles. The third kappa shape index (κ3) is 4.52. The quantitative estimate of drug-likeness (QED) is 0.803. The molecular weight excluding hydrogens is 362 g/mol. The van der Waals surface area contributed by atoms with Crippen LogP contribution in [-0.4, -0.2) is 37.3 Å². The molecule has 1 aliphatic heterocycles. The normalized spacial score (nSPS) is 27.3. The van der Waals surface area contributed by atoms with Gasteiger partial charge < -0.3 is 11.1 Å². The summed E-state index contributed by atoms with van der Waals surface area (Å²) in [6, 6.07) is 6.96. The van der Waals surface area contributed by atoms with Crippen LogP contribution in [0.5, 0.6) is 0 Å². The standard InChI is InChI=1S/C20H31N3O3S/c1-20(21)12-6-5-10-17(20)19(24)22-15-16-9-3-4-11-18(16)27(25,26)23-13-7-2-8-14-23/h3-4,9,11,17H,2,5-8,10,12-15,21H2,1H3,(H,22,24). The average molecular weight is 394 g/mol. The Bertz CT molecular complexity index is 770. The number of sulfonamides is 1. The molecule has 3 rings (SSSR count). The van der Waals surface area contributed by atoms with E-state index in [0.717, 1.165) is 44.9 Å². The third-order valence-corrected chi connectivity index (χ3v) is 7.93. The average Bonchev–Trinajstić information content (AvgIpc) is 2.66. The summed E-state index contributed by atoms with van der Waals surface area (Å²) in [5.41, 5.74) is 6.46. The number of carbonyl (C=O) groups is 1. The van der Waals surface area contributed by atoms with Gasteiger partial charge in [0.25, 0.3) is 0 Å². The van der Waals surface area contributed by atoms with Gasteiger partial charge >= 0.3 is 0 Å². The minimum atomic E-state index is -3.53. The van der Waals surface area contributed by atoms with E-state index in [4.69, 9.17) is 5.73 Å². The molecule has 27 heavy (non-hydrogen) atoms. The second-order valence-electron chi connectivity index (χ2n) is 8.09. The van der Waals surface area contributed by atoms with Crippen molar-refractivity contribution in [2.24, 2.45) is 11.7 Å². The number of carbonyl (C=O) groups excluding carboxylic acids is 1. The lowest BCUT2D eigenvalue weighted by Crippen LogP contribution is -2.52. The van der Waals surface area contributed by atoms with Crippen LogP contribution in [0.1, 0.15) is 57.4 Å². The van der Waals surface area contributed by atoms with Gasteiger partial charge in [0, 0.05) is 25.2 Å². The molecule has 150 valence electrons. The van der Waals surface area contributed by atoms with Crippen molar-refractivity contribution in [2.75, 3.05) is 13.1 Å². The summed E-state index contributed by atoms with van der Waals surface area (Å²) >= 11 is 0. The van der Waals surface area contributed by atoms with Gasteiger partial charge in [-0.05, 0) is 44.2 Å². The molecule has 2 unspecified atom stereocenters. The van der Waals surface area contributed by atoms with Gasteiger partial charge in [-0.3, -0.25) is 4.79 Å². The first-order valence-corrected chi connectivity index (χ1v) is 11.4. The van der Waals surface area contributed by atoms with Crippen molar-refractivity contribution in [3.05, 3.63) is 29.8 Å².